The third kappa shape index (κ3) is 4.11. The van der Waals surface area contributed by atoms with Crippen LogP contribution < -0.4 is 16.0 Å². The van der Waals surface area contributed by atoms with Crippen LogP contribution in [0.2, 0.25) is 0 Å². The Kier molecular flexibility index (Phi) is 5.62. The van der Waals surface area contributed by atoms with Crippen LogP contribution in [0.3, 0.4) is 0 Å². The summed E-state index contributed by atoms with van der Waals surface area (Å²) < 4.78 is 3.75. The number of nitrogens with one attached hydrogen (secondary N) is 3. The van der Waals surface area contributed by atoms with E-state index in [9.17, 15) is 5.11 Å². The zero-order chi connectivity index (χ0) is 22.1. The minimum absolute atomic E-state index is 0.200. The molecule has 1 aliphatic rings. The summed E-state index contributed by atoms with van der Waals surface area (Å²) in [5, 5.41) is 25.0. The molecule has 1 fully saturated rings. The molecule has 168 valence electrons. The molecule has 5 rings (SSSR count). The summed E-state index contributed by atoms with van der Waals surface area (Å²) in [6, 6.07) is 3.85. The number of anilines is 2. The van der Waals surface area contributed by atoms with Gasteiger partial charge >= 0.3 is 0 Å². The summed E-state index contributed by atoms with van der Waals surface area (Å²) in [4.78, 5) is 13.7. The number of aromatic nitrogens is 6. The smallest absolute Gasteiger partial charge is 0.233 e. The van der Waals surface area contributed by atoms with E-state index in [0.717, 1.165) is 41.5 Å². The van der Waals surface area contributed by atoms with E-state index in [0.29, 0.717) is 31.3 Å². The van der Waals surface area contributed by atoms with Crippen LogP contribution in [0, 0.1) is 5.92 Å². The van der Waals surface area contributed by atoms with Crippen molar-refractivity contribution in [2.45, 2.75) is 38.8 Å². The van der Waals surface area contributed by atoms with Crippen LogP contribution >= 0.6 is 0 Å². The second kappa shape index (κ2) is 8.71. The van der Waals surface area contributed by atoms with Gasteiger partial charge in [0, 0.05) is 49.2 Å². The van der Waals surface area contributed by atoms with Crippen molar-refractivity contribution in [1.29, 1.82) is 0 Å². The standard InChI is InChI=1S/C22H29N9O/c1-14(2)17-11-27-31-20(26-10-16-13-30-7-3-5-24-22(30)28-16)8-19(29-21(17)31)25-9-15-4-6-23-12-18(15)32/h3,5,7-8,11,13-15,18,23,26,32H,4,6,9-10,12H2,1-2H3,(H,25,29). The van der Waals surface area contributed by atoms with Crippen molar-refractivity contribution in [3.05, 3.63) is 48.2 Å². The quantitative estimate of drug-likeness (QED) is 0.348. The van der Waals surface area contributed by atoms with Gasteiger partial charge in [-0.15, -0.1) is 0 Å². The Morgan fingerprint density at radius 3 is 3.00 bits per heavy atom. The van der Waals surface area contributed by atoms with Crippen molar-refractivity contribution < 1.29 is 5.11 Å². The number of rotatable bonds is 7. The highest BCUT2D eigenvalue weighted by atomic mass is 16.3. The Labute approximate surface area is 186 Å². The van der Waals surface area contributed by atoms with Gasteiger partial charge in [-0.25, -0.2) is 15.0 Å². The third-order valence-corrected chi connectivity index (χ3v) is 5.99. The van der Waals surface area contributed by atoms with E-state index in [1.807, 2.05) is 39.6 Å². The zero-order valence-electron chi connectivity index (χ0n) is 18.4. The lowest BCUT2D eigenvalue weighted by Crippen LogP contribution is -2.43. The largest absolute Gasteiger partial charge is 0.391 e. The summed E-state index contributed by atoms with van der Waals surface area (Å²) in [5.74, 6) is 2.78. The lowest BCUT2D eigenvalue weighted by Gasteiger charge is -2.28. The van der Waals surface area contributed by atoms with E-state index in [1.165, 1.54) is 0 Å². The van der Waals surface area contributed by atoms with Gasteiger partial charge in [0.15, 0.2) is 5.65 Å². The molecule has 0 radical (unpaired) electrons. The van der Waals surface area contributed by atoms with Crippen molar-refractivity contribution >= 4 is 23.1 Å². The van der Waals surface area contributed by atoms with Gasteiger partial charge in [0.1, 0.15) is 11.6 Å². The van der Waals surface area contributed by atoms with E-state index in [2.05, 4.69) is 44.9 Å². The molecule has 1 aliphatic heterocycles. The first-order chi connectivity index (χ1) is 15.6. The van der Waals surface area contributed by atoms with Crippen LogP contribution in [0.25, 0.3) is 11.4 Å². The monoisotopic (exact) mass is 435 g/mol. The second-order valence-electron chi connectivity index (χ2n) is 8.63. The van der Waals surface area contributed by atoms with Gasteiger partial charge in [-0.1, -0.05) is 13.8 Å². The van der Waals surface area contributed by atoms with Crippen LogP contribution in [-0.4, -0.2) is 59.8 Å². The predicted molar refractivity (Wildman–Crippen MR) is 123 cm³/mol. The number of β-amino-alcohol motifs (C(OH)–C–C–N with tert-alkyl or cyclic N) is 1. The highest BCUT2D eigenvalue weighted by molar-refractivity contribution is 5.61. The number of fused-ring (bicyclic) bond motifs is 2. The number of imidazole rings is 1. The van der Waals surface area contributed by atoms with Crippen LogP contribution in [0.1, 0.15) is 37.4 Å². The van der Waals surface area contributed by atoms with Crippen LogP contribution in [-0.2, 0) is 6.54 Å². The van der Waals surface area contributed by atoms with E-state index < -0.39 is 0 Å². The minimum Gasteiger partial charge on any atom is -0.391 e. The fourth-order valence-electron chi connectivity index (χ4n) is 4.12. The van der Waals surface area contributed by atoms with Gasteiger partial charge in [0.05, 0.1) is 24.5 Å². The first-order valence-corrected chi connectivity index (χ1v) is 11.1. The fourth-order valence-corrected chi connectivity index (χ4v) is 4.12. The average Bonchev–Trinajstić information content (AvgIpc) is 3.41. The Balaban J connectivity index is 1.40. The maximum Gasteiger partial charge on any atom is 0.233 e. The molecule has 0 aliphatic carbocycles. The zero-order valence-corrected chi connectivity index (χ0v) is 18.4. The topological polar surface area (TPSA) is 117 Å². The molecule has 2 atom stereocenters. The average molecular weight is 436 g/mol. The second-order valence-corrected chi connectivity index (χ2v) is 8.63. The number of hydrogen-bond acceptors (Lipinski definition) is 8. The first kappa shape index (κ1) is 20.7. The molecular formula is C22H29N9O. The molecule has 4 N–H and O–H groups in total. The third-order valence-electron chi connectivity index (χ3n) is 5.99. The molecule has 4 aromatic rings. The number of aliphatic hydroxyl groups is 1. The summed E-state index contributed by atoms with van der Waals surface area (Å²) >= 11 is 0. The van der Waals surface area contributed by atoms with Gasteiger partial charge in [-0.05, 0) is 24.9 Å². The molecule has 0 amide bonds. The number of nitrogens with zero attached hydrogens (tertiary/aromatic N) is 6. The molecule has 32 heavy (non-hydrogen) atoms. The van der Waals surface area contributed by atoms with E-state index >= 15 is 0 Å². The summed E-state index contributed by atoms with van der Waals surface area (Å²) in [7, 11) is 0. The Bertz CT molecular complexity index is 1180. The molecule has 0 aromatic carbocycles. The SMILES string of the molecule is CC(C)c1cnn2c(NCc3cn4cccnc4n3)cc(NCC3CCNCC3O)nc12. The Hall–Kier alpha value is -3.24. The van der Waals surface area contributed by atoms with E-state index in [-0.39, 0.29) is 12.0 Å². The normalized spacial score (nSPS) is 19.1. The molecule has 0 spiro atoms. The van der Waals surface area contributed by atoms with Crippen molar-refractivity contribution in [3.8, 4) is 0 Å². The molecule has 4 aromatic heterocycles. The number of aliphatic hydroxyl groups excluding tert-OH is 1. The van der Waals surface area contributed by atoms with Gasteiger partial charge in [0.25, 0.3) is 0 Å². The maximum absolute atomic E-state index is 10.3. The number of hydrogen-bond donors (Lipinski definition) is 4. The Morgan fingerprint density at radius 1 is 1.28 bits per heavy atom. The first-order valence-electron chi connectivity index (χ1n) is 11.1. The van der Waals surface area contributed by atoms with Gasteiger partial charge < -0.3 is 21.1 Å². The molecule has 5 heterocycles. The summed E-state index contributed by atoms with van der Waals surface area (Å²) in [6.45, 7) is 7.05. The van der Waals surface area contributed by atoms with Crippen molar-refractivity contribution in [2.75, 3.05) is 30.3 Å². The van der Waals surface area contributed by atoms with Crippen molar-refractivity contribution in [3.63, 3.8) is 0 Å². The summed E-state index contributed by atoms with van der Waals surface area (Å²) in [5.41, 5.74) is 2.81. The van der Waals surface area contributed by atoms with E-state index in [1.54, 1.807) is 6.20 Å². The van der Waals surface area contributed by atoms with Gasteiger partial charge in [-0.3, -0.25) is 4.40 Å². The lowest BCUT2D eigenvalue weighted by molar-refractivity contribution is 0.0883. The molecule has 0 saturated carbocycles. The Morgan fingerprint density at radius 2 is 2.19 bits per heavy atom. The van der Waals surface area contributed by atoms with E-state index in [4.69, 9.17) is 4.98 Å². The number of piperidine rings is 1. The maximum atomic E-state index is 10.3. The molecule has 2 unspecified atom stereocenters. The molecular weight excluding hydrogens is 406 g/mol. The highest BCUT2D eigenvalue weighted by Crippen LogP contribution is 2.25. The van der Waals surface area contributed by atoms with Crippen molar-refractivity contribution in [1.82, 2.24) is 34.3 Å². The van der Waals surface area contributed by atoms with Crippen LogP contribution in [0.15, 0.2) is 36.9 Å². The minimum atomic E-state index is -0.345. The lowest BCUT2D eigenvalue weighted by atomic mass is 9.95. The highest BCUT2D eigenvalue weighted by Gasteiger charge is 2.23. The van der Waals surface area contributed by atoms with Crippen LogP contribution in [0.5, 0.6) is 0 Å². The van der Waals surface area contributed by atoms with Crippen LogP contribution in [0.4, 0.5) is 11.6 Å². The van der Waals surface area contributed by atoms with Gasteiger partial charge in [-0.2, -0.15) is 9.61 Å². The van der Waals surface area contributed by atoms with Crippen molar-refractivity contribution in [2.24, 2.45) is 5.92 Å². The molecule has 0 bridgehead atoms. The van der Waals surface area contributed by atoms with Gasteiger partial charge in [0.2, 0.25) is 5.78 Å². The molecule has 1 saturated heterocycles. The fraction of sp³-hybridized carbons (Fsp3) is 0.455. The molecule has 10 heteroatoms. The summed E-state index contributed by atoms with van der Waals surface area (Å²) in [6.07, 6.45) is 8.11. The molecule has 10 nitrogen and oxygen atoms in total. The predicted octanol–water partition coefficient (Wildman–Crippen LogP) is 1.89.